The summed E-state index contributed by atoms with van der Waals surface area (Å²) >= 11 is 12.6. The first-order valence-electron chi connectivity index (χ1n) is 10.2. The Kier molecular flexibility index (Phi) is 8.91. The summed E-state index contributed by atoms with van der Waals surface area (Å²) in [5, 5.41) is 3.28. The maximum atomic E-state index is 13.1. The predicted molar refractivity (Wildman–Crippen MR) is 122 cm³/mol. The molecular weight excluding hydrogens is 439 g/mol. The number of halogens is 2. The fourth-order valence-electron chi connectivity index (χ4n) is 3.26. The Morgan fingerprint density at radius 2 is 1.97 bits per heavy atom. The average molecular weight is 469 g/mol. The zero-order chi connectivity index (χ0) is 23.2. The van der Waals surface area contributed by atoms with Crippen molar-refractivity contribution in [2.45, 2.75) is 59.2 Å². The Morgan fingerprint density at radius 1 is 1.26 bits per heavy atom. The van der Waals surface area contributed by atoms with E-state index in [2.05, 4.69) is 15.3 Å². The maximum Gasteiger partial charge on any atom is 0.414 e. The number of nitrogens with zero attached hydrogens (tertiary/aromatic N) is 2. The van der Waals surface area contributed by atoms with Crippen LogP contribution in [0.15, 0.2) is 30.7 Å². The van der Waals surface area contributed by atoms with Crippen LogP contribution in [0.4, 0.5) is 4.79 Å². The van der Waals surface area contributed by atoms with E-state index in [0.29, 0.717) is 29.6 Å². The van der Waals surface area contributed by atoms with Gasteiger partial charge in [-0.2, -0.15) is 0 Å². The summed E-state index contributed by atoms with van der Waals surface area (Å²) < 4.78 is 5.25. The van der Waals surface area contributed by atoms with Crippen LogP contribution in [0.3, 0.4) is 0 Å². The molecule has 1 heterocycles. The summed E-state index contributed by atoms with van der Waals surface area (Å²) in [7, 11) is 0. The molecule has 9 heteroatoms. The Balaban J connectivity index is 2.26. The van der Waals surface area contributed by atoms with Gasteiger partial charge in [-0.05, 0) is 38.3 Å². The number of nitrogens with one attached hydrogen (secondary N) is 2. The molecule has 0 saturated heterocycles. The molecule has 2 amide bonds. The molecule has 0 aliphatic carbocycles. The van der Waals surface area contributed by atoms with Crippen LogP contribution in [0, 0.1) is 5.92 Å². The largest absolute Gasteiger partial charge is 0.444 e. The van der Waals surface area contributed by atoms with Crippen molar-refractivity contribution in [3.63, 3.8) is 0 Å². The van der Waals surface area contributed by atoms with Crippen molar-refractivity contribution in [3.8, 4) is 0 Å². The molecule has 31 heavy (non-hydrogen) atoms. The van der Waals surface area contributed by atoms with E-state index in [9.17, 15) is 9.59 Å². The maximum absolute atomic E-state index is 13.1. The quantitative estimate of drug-likeness (QED) is 0.578. The second-order valence-corrected chi connectivity index (χ2v) is 9.48. The number of amides is 2. The van der Waals surface area contributed by atoms with E-state index in [0.717, 1.165) is 11.3 Å². The molecule has 1 atom stereocenters. The Bertz CT molecular complexity index is 879. The van der Waals surface area contributed by atoms with Gasteiger partial charge in [0.1, 0.15) is 5.60 Å². The molecule has 170 valence electrons. The molecular formula is C22H30Cl2N4O3. The number of imide groups is 1. The third kappa shape index (κ3) is 7.83. The van der Waals surface area contributed by atoms with Gasteiger partial charge in [-0.1, -0.05) is 49.2 Å². The lowest BCUT2D eigenvalue weighted by atomic mass is 10.00. The van der Waals surface area contributed by atoms with E-state index in [4.69, 9.17) is 27.9 Å². The summed E-state index contributed by atoms with van der Waals surface area (Å²) in [5.41, 5.74) is 1.04. The van der Waals surface area contributed by atoms with Gasteiger partial charge in [0.15, 0.2) is 0 Å². The SMILES string of the molecule is CC(C)[C@@H](C(=O)NC(=O)OC(C)(C)C)N(CCc1cnc[nH]1)Cc1cccc(Cl)c1Cl. The molecule has 0 aliphatic rings. The number of aromatic nitrogens is 2. The molecule has 0 radical (unpaired) electrons. The fraction of sp³-hybridized carbons (Fsp3) is 0.500. The van der Waals surface area contributed by atoms with Gasteiger partial charge >= 0.3 is 6.09 Å². The van der Waals surface area contributed by atoms with Crippen molar-refractivity contribution < 1.29 is 14.3 Å². The number of hydrogen-bond donors (Lipinski definition) is 2. The van der Waals surface area contributed by atoms with Crippen LogP contribution in [0.2, 0.25) is 10.0 Å². The molecule has 1 aromatic carbocycles. The minimum Gasteiger partial charge on any atom is -0.444 e. The van der Waals surface area contributed by atoms with Crippen molar-refractivity contribution >= 4 is 35.2 Å². The predicted octanol–water partition coefficient (Wildman–Crippen LogP) is 4.84. The highest BCUT2D eigenvalue weighted by atomic mass is 35.5. The topological polar surface area (TPSA) is 87.3 Å². The van der Waals surface area contributed by atoms with Crippen molar-refractivity contribution in [1.29, 1.82) is 0 Å². The first-order chi connectivity index (χ1) is 14.5. The van der Waals surface area contributed by atoms with E-state index < -0.39 is 23.6 Å². The number of hydrogen-bond acceptors (Lipinski definition) is 5. The summed E-state index contributed by atoms with van der Waals surface area (Å²) in [6, 6.07) is 4.82. The number of alkyl carbamates (subject to hydrolysis) is 1. The third-order valence-electron chi connectivity index (χ3n) is 4.55. The highest BCUT2D eigenvalue weighted by Gasteiger charge is 2.32. The number of carbonyl (C=O) groups is 2. The molecule has 1 aromatic heterocycles. The lowest BCUT2D eigenvalue weighted by Crippen LogP contribution is -2.52. The summed E-state index contributed by atoms with van der Waals surface area (Å²) in [4.78, 5) is 34.4. The number of ether oxygens (including phenoxy) is 1. The van der Waals surface area contributed by atoms with E-state index >= 15 is 0 Å². The minimum absolute atomic E-state index is 0.0813. The highest BCUT2D eigenvalue weighted by Crippen LogP contribution is 2.28. The lowest BCUT2D eigenvalue weighted by Gasteiger charge is -2.33. The second-order valence-electron chi connectivity index (χ2n) is 8.69. The van der Waals surface area contributed by atoms with Gasteiger partial charge in [-0.3, -0.25) is 15.0 Å². The van der Waals surface area contributed by atoms with E-state index in [-0.39, 0.29) is 5.92 Å². The normalized spacial score (nSPS) is 12.8. The van der Waals surface area contributed by atoms with Gasteiger partial charge in [0.2, 0.25) is 5.91 Å². The molecule has 2 aromatic rings. The Hall–Kier alpha value is -2.09. The third-order valence-corrected chi connectivity index (χ3v) is 5.40. The lowest BCUT2D eigenvalue weighted by molar-refractivity contribution is -0.128. The Morgan fingerprint density at radius 3 is 2.55 bits per heavy atom. The van der Waals surface area contributed by atoms with E-state index in [1.54, 1.807) is 39.4 Å². The fourth-order valence-corrected chi connectivity index (χ4v) is 3.64. The standard InChI is InChI=1S/C22H30Cl2N4O3/c1-14(2)19(20(29)27-21(30)31-22(3,4)5)28(10-9-16-11-25-13-26-16)12-15-7-6-8-17(23)18(15)24/h6-8,11,13-14,19H,9-10,12H2,1-5H3,(H,25,26)(H,27,29,30)/t19-/m0/s1. The van der Waals surface area contributed by atoms with Crippen LogP contribution < -0.4 is 5.32 Å². The highest BCUT2D eigenvalue weighted by molar-refractivity contribution is 6.42. The van der Waals surface area contributed by atoms with Gasteiger partial charge in [0.25, 0.3) is 0 Å². The van der Waals surface area contributed by atoms with Gasteiger partial charge in [-0.25, -0.2) is 9.78 Å². The van der Waals surface area contributed by atoms with Crippen molar-refractivity contribution in [2.75, 3.05) is 6.54 Å². The summed E-state index contributed by atoms with van der Waals surface area (Å²) in [5.74, 6) is -0.505. The number of benzene rings is 1. The van der Waals surface area contributed by atoms with E-state index in [1.807, 2.05) is 30.9 Å². The smallest absolute Gasteiger partial charge is 0.414 e. The number of carbonyl (C=O) groups excluding carboxylic acids is 2. The van der Waals surface area contributed by atoms with Crippen LogP contribution in [0.5, 0.6) is 0 Å². The van der Waals surface area contributed by atoms with Gasteiger partial charge in [0.05, 0.1) is 22.4 Å². The molecule has 0 bridgehead atoms. The molecule has 2 rings (SSSR count). The minimum atomic E-state index is -0.766. The van der Waals surface area contributed by atoms with Crippen molar-refractivity contribution in [3.05, 3.63) is 52.0 Å². The Labute approximate surface area is 193 Å². The number of rotatable bonds is 8. The van der Waals surface area contributed by atoms with Gasteiger partial charge < -0.3 is 9.72 Å². The molecule has 0 saturated carbocycles. The average Bonchev–Trinajstić information content (AvgIpc) is 3.15. The number of H-pyrrole nitrogens is 1. The van der Waals surface area contributed by atoms with Crippen LogP contribution >= 0.6 is 23.2 Å². The molecule has 0 unspecified atom stereocenters. The first-order valence-corrected chi connectivity index (χ1v) is 10.9. The van der Waals surface area contributed by atoms with Crippen molar-refractivity contribution in [2.24, 2.45) is 5.92 Å². The van der Waals surface area contributed by atoms with Crippen molar-refractivity contribution in [1.82, 2.24) is 20.2 Å². The van der Waals surface area contributed by atoms with Crippen LogP contribution in [-0.4, -0.2) is 45.1 Å². The number of aromatic amines is 1. The van der Waals surface area contributed by atoms with Crippen LogP contribution in [0.1, 0.15) is 45.9 Å². The molecule has 0 fully saturated rings. The van der Waals surface area contributed by atoms with Gasteiger partial charge in [0, 0.05) is 31.4 Å². The molecule has 2 N–H and O–H groups in total. The zero-order valence-electron chi connectivity index (χ0n) is 18.5. The molecule has 0 spiro atoms. The monoisotopic (exact) mass is 468 g/mol. The summed E-state index contributed by atoms with van der Waals surface area (Å²) in [6.07, 6.45) is 3.23. The zero-order valence-corrected chi connectivity index (χ0v) is 20.0. The second kappa shape index (κ2) is 11.0. The first kappa shape index (κ1) is 25.2. The van der Waals surface area contributed by atoms with Crippen LogP contribution in [-0.2, 0) is 22.5 Å². The van der Waals surface area contributed by atoms with Gasteiger partial charge in [-0.15, -0.1) is 0 Å². The molecule has 0 aliphatic heterocycles. The van der Waals surface area contributed by atoms with E-state index in [1.165, 1.54) is 0 Å². The van der Waals surface area contributed by atoms with Crippen LogP contribution in [0.25, 0.3) is 0 Å². The molecule has 7 nitrogen and oxygen atoms in total. The summed E-state index contributed by atoms with van der Waals surface area (Å²) in [6.45, 7) is 10.0. The number of imidazole rings is 1.